The van der Waals surface area contributed by atoms with Gasteiger partial charge in [0.15, 0.2) is 0 Å². The van der Waals surface area contributed by atoms with Crippen LogP contribution < -0.4 is 10.6 Å². The third kappa shape index (κ3) is 3.54. The normalized spacial score (nSPS) is 25.6. The quantitative estimate of drug-likeness (QED) is 0.429. The minimum absolute atomic E-state index is 0.0656. The predicted molar refractivity (Wildman–Crippen MR) is 102 cm³/mol. The zero-order valence-electron chi connectivity index (χ0n) is 16.1. The maximum atomic E-state index is 13.0. The molecule has 2 heterocycles. The van der Waals surface area contributed by atoms with Crippen LogP contribution in [0.25, 0.3) is 0 Å². The first kappa shape index (κ1) is 20.0. The van der Waals surface area contributed by atoms with Crippen LogP contribution in [0.5, 0.6) is 0 Å². The number of nitrogens with zero attached hydrogens (tertiary/aromatic N) is 1. The zero-order valence-corrected chi connectivity index (χ0v) is 16.1. The summed E-state index contributed by atoms with van der Waals surface area (Å²) in [6, 6.07) is 3.84. The van der Waals surface area contributed by atoms with Gasteiger partial charge >= 0.3 is 5.97 Å². The van der Waals surface area contributed by atoms with Gasteiger partial charge < -0.3 is 15.2 Å². The van der Waals surface area contributed by atoms with Gasteiger partial charge in [-0.05, 0) is 31.4 Å². The minimum atomic E-state index is -1.01. The Bertz CT molecular complexity index is 938. The number of fused-ring (bicyclic) bond motifs is 1. The lowest BCUT2D eigenvalue weighted by atomic mass is 9.82. The van der Waals surface area contributed by atoms with Gasteiger partial charge in [-0.15, -0.1) is 0 Å². The van der Waals surface area contributed by atoms with Gasteiger partial charge in [-0.3, -0.25) is 34.2 Å². The second-order valence-corrected chi connectivity index (χ2v) is 7.60. The number of amides is 4. The number of aliphatic carboxylic acids is 1. The summed E-state index contributed by atoms with van der Waals surface area (Å²) >= 11 is 0. The van der Waals surface area contributed by atoms with Crippen molar-refractivity contribution in [2.75, 3.05) is 18.5 Å². The van der Waals surface area contributed by atoms with Gasteiger partial charge in [0.2, 0.25) is 11.8 Å². The highest BCUT2D eigenvalue weighted by molar-refractivity contribution is 6.25. The van der Waals surface area contributed by atoms with Crippen molar-refractivity contribution in [3.63, 3.8) is 0 Å². The van der Waals surface area contributed by atoms with Crippen LogP contribution >= 0.6 is 0 Å². The number of carboxylic acid groups (broad SMARTS) is 1. The first-order valence-corrected chi connectivity index (χ1v) is 9.79. The van der Waals surface area contributed by atoms with Gasteiger partial charge in [0.25, 0.3) is 11.8 Å². The molecule has 30 heavy (non-hydrogen) atoms. The fourth-order valence-corrected chi connectivity index (χ4v) is 3.98. The van der Waals surface area contributed by atoms with Crippen molar-refractivity contribution in [3.05, 3.63) is 29.3 Å². The Morgan fingerprint density at radius 3 is 2.67 bits per heavy atom. The molecule has 0 unspecified atom stereocenters. The van der Waals surface area contributed by atoms with E-state index < -0.39 is 35.6 Å². The molecule has 1 saturated carbocycles. The molecular weight excluding hydrogens is 394 g/mol. The van der Waals surface area contributed by atoms with Crippen molar-refractivity contribution in [1.29, 1.82) is 0 Å². The van der Waals surface area contributed by atoms with Gasteiger partial charge in [-0.25, -0.2) is 0 Å². The van der Waals surface area contributed by atoms with Crippen molar-refractivity contribution in [2.24, 2.45) is 5.92 Å². The van der Waals surface area contributed by atoms with E-state index in [0.717, 1.165) is 4.90 Å². The highest BCUT2D eigenvalue weighted by Crippen LogP contribution is 2.33. The molecule has 10 nitrogen and oxygen atoms in total. The van der Waals surface area contributed by atoms with Crippen LogP contribution in [0.1, 0.15) is 46.4 Å². The highest BCUT2D eigenvalue weighted by Gasteiger charge is 2.45. The maximum Gasteiger partial charge on any atom is 0.306 e. The number of piperidine rings is 1. The number of anilines is 1. The largest absolute Gasteiger partial charge is 0.481 e. The molecule has 0 bridgehead atoms. The van der Waals surface area contributed by atoms with Crippen LogP contribution in [-0.4, -0.2) is 64.9 Å². The summed E-state index contributed by atoms with van der Waals surface area (Å²) in [5.41, 5.74) is 0.863. The zero-order chi connectivity index (χ0) is 21.4. The molecule has 2 aliphatic heterocycles. The SMILES string of the molecule is O=C1CC[C@H](N2C(=O)c3cccc(NCCOC4CC(C(=O)O)C4)c3C2=O)C(=O)N1. The molecule has 1 saturated heterocycles. The average molecular weight is 415 g/mol. The van der Waals surface area contributed by atoms with E-state index in [1.165, 1.54) is 6.07 Å². The summed E-state index contributed by atoms with van der Waals surface area (Å²) < 4.78 is 5.61. The number of hydrogen-bond acceptors (Lipinski definition) is 7. The number of carbonyl (C=O) groups is 5. The molecule has 1 aliphatic carbocycles. The number of hydrogen-bond donors (Lipinski definition) is 3. The molecule has 10 heteroatoms. The van der Waals surface area contributed by atoms with E-state index in [1.54, 1.807) is 12.1 Å². The van der Waals surface area contributed by atoms with Crippen molar-refractivity contribution in [2.45, 2.75) is 37.8 Å². The minimum Gasteiger partial charge on any atom is -0.481 e. The van der Waals surface area contributed by atoms with Gasteiger partial charge in [0, 0.05) is 18.7 Å². The van der Waals surface area contributed by atoms with E-state index in [4.69, 9.17) is 9.84 Å². The second-order valence-electron chi connectivity index (χ2n) is 7.60. The smallest absolute Gasteiger partial charge is 0.306 e. The third-order valence-electron chi connectivity index (χ3n) is 5.68. The molecule has 1 atom stereocenters. The fourth-order valence-electron chi connectivity index (χ4n) is 3.98. The molecule has 1 aromatic rings. The summed E-state index contributed by atoms with van der Waals surface area (Å²) in [7, 11) is 0. The van der Waals surface area contributed by atoms with E-state index in [0.29, 0.717) is 31.7 Å². The van der Waals surface area contributed by atoms with Gasteiger partial charge in [0.1, 0.15) is 6.04 Å². The van der Waals surface area contributed by atoms with E-state index in [2.05, 4.69) is 10.6 Å². The summed E-state index contributed by atoms with van der Waals surface area (Å²) in [6.07, 6.45) is 1.07. The number of imide groups is 2. The molecule has 0 spiro atoms. The standard InChI is InChI=1S/C20H21N3O7/c24-15-5-4-14(17(25)22-15)23-18(26)12-2-1-3-13(16(12)19(23)27)21-6-7-30-11-8-10(9-11)20(28)29/h1-3,10-11,14,21H,4-9H2,(H,28,29)(H,22,24,25)/t10?,11?,14-/m0/s1. The first-order valence-electron chi connectivity index (χ1n) is 9.79. The Hall–Kier alpha value is -3.27. The first-order chi connectivity index (χ1) is 14.4. The van der Waals surface area contributed by atoms with Crippen LogP contribution in [0, 0.1) is 5.92 Å². The third-order valence-corrected chi connectivity index (χ3v) is 5.68. The molecule has 1 aromatic carbocycles. The Balaban J connectivity index is 1.39. The predicted octanol–water partition coefficient (Wildman–Crippen LogP) is 0.380. The lowest BCUT2D eigenvalue weighted by Crippen LogP contribution is -2.54. The molecule has 0 radical (unpaired) electrons. The van der Waals surface area contributed by atoms with Crippen molar-refractivity contribution in [1.82, 2.24) is 10.2 Å². The lowest BCUT2D eigenvalue weighted by Gasteiger charge is -2.32. The van der Waals surface area contributed by atoms with Crippen LogP contribution in [0.3, 0.4) is 0 Å². The molecule has 0 aromatic heterocycles. The number of ether oxygens (including phenoxy) is 1. The number of nitrogens with one attached hydrogen (secondary N) is 2. The summed E-state index contributed by atoms with van der Waals surface area (Å²) in [5.74, 6) is -3.35. The Labute approximate surface area is 171 Å². The summed E-state index contributed by atoms with van der Waals surface area (Å²) in [5, 5.41) is 14.1. The number of rotatable bonds is 7. The Morgan fingerprint density at radius 2 is 1.97 bits per heavy atom. The van der Waals surface area contributed by atoms with E-state index in [9.17, 15) is 24.0 Å². The Morgan fingerprint density at radius 1 is 1.20 bits per heavy atom. The molecule has 4 amide bonds. The van der Waals surface area contributed by atoms with E-state index in [-0.39, 0.29) is 36.0 Å². The molecule has 2 fully saturated rings. The highest BCUT2D eigenvalue weighted by atomic mass is 16.5. The second kappa shape index (κ2) is 7.86. The monoisotopic (exact) mass is 415 g/mol. The van der Waals surface area contributed by atoms with E-state index in [1.807, 2.05) is 0 Å². The van der Waals surface area contributed by atoms with Crippen molar-refractivity contribution >= 4 is 35.3 Å². The molecule has 158 valence electrons. The van der Waals surface area contributed by atoms with Crippen LogP contribution in [0.4, 0.5) is 5.69 Å². The molecular formula is C20H21N3O7. The summed E-state index contributed by atoms with van der Waals surface area (Å²) in [6.45, 7) is 0.685. The van der Waals surface area contributed by atoms with Crippen molar-refractivity contribution < 1.29 is 33.8 Å². The molecule has 3 N–H and O–H groups in total. The topological polar surface area (TPSA) is 142 Å². The van der Waals surface area contributed by atoms with Gasteiger partial charge in [-0.1, -0.05) is 6.07 Å². The number of carboxylic acids is 1. The number of benzene rings is 1. The van der Waals surface area contributed by atoms with Crippen LogP contribution in [0.2, 0.25) is 0 Å². The average Bonchev–Trinajstić information content (AvgIpc) is 2.91. The summed E-state index contributed by atoms with van der Waals surface area (Å²) in [4.78, 5) is 61.0. The Kier molecular flexibility index (Phi) is 5.25. The van der Waals surface area contributed by atoms with Crippen LogP contribution in [-0.2, 0) is 19.1 Å². The fraction of sp³-hybridized carbons (Fsp3) is 0.450. The maximum absolute atomic E-state index is 13.0. The van der Waals surface area contributed by atoms with Gasteiger partial charge in [0.05, 0.1) is 29.8 Å². The molecule has 4 rings (SSSR count). The number of carbonyl (C=O) groups excluding carboxylic acids is 4. The molecule has 3 aliphatic rings. The lowest BCUT2D eigenvalue weighted by molar-refractivity contribution is -0.151. The van der Waals surface area contributed by atoms with Gasteiger partial charge in [-0.2, -0.15) is 0 Å². The van der Waals surface area contributed by atoms with E-state index >= 15 is 0 Å². The van der Waals surface area contributed by atoms with Crippen LogP contribution in [0.15, 0.2) is 18.2 Å². The van der Waals surface area contributed by atoms with Crippen molar-refractivity contribution in [3.8, 4) is 0 Å².